The highest BCUT2D eigenvalue weighted by molar-refractivity contribution is 7.86. The third-order valence-electron chi connectivity index (χ3n) is 2.73. The molecule has 134 valence electrons. The van der Waals surface area contributed by atoms with Gasteiger partial charge in [0.2, 0.25) is 11.8 Å². The lowest BCUT2D eigenvalue weighted by Gasteiger charge is -2.14. The van der Waals surface area contributed by atoms with E-state index in [-0.39, 0.29) is 28.5 Å². The summed E-state index contributed by atoms with van der Waals surface area (Å²) in [7, 11) is 1.51. The number of hydrogen-bond acceptors (Lipinski definition) is 4. The molecule has 1 aromatic rings. The van der Waals surface area contributed by atoms with Crippen LogP contribution in [-0.4, -0.2) is 52.6 Å². The highest BCUT2D eigenvalue weighted by Crippen LogP contribution is 2.34. The van der Waals surface area contributed by atoms with Crippen molar-refractivity contribution >= 4 is 51.5 Å². The van der Waals surface area contributed by atoms with Crippen molar-refractivity contribution in [1.29, 1.82) is 0 Å². The van der Waals surface area contributed by atoms with Crippen molar-refractivity contribution in [2.24, 2.45) is 0 Å². The Hall–Kier alpha value is -1.31. The van der Waals surface area contributed by atoms with Crippen molar-refractivity contribution in [1.82, 2.24) is 4.90 Å². The Morgan fingerprint density at radius 3 is 2.38 bits per heavy atom. The van der Waals surface area contributed by atoms with Gasteiger partial charge < -0.3 is 15.0 Å². The first-order valence-electron chi connectivity index (χ1n) is 7.10. The van der Waals surface area contributed by atoms with E-state index in [0.717, 1.165) is 0 Å². The van der Waals surface area contributed by atoms with Crippen LogP contribution in [-0.2, 0) is 20.4 Å². The lowest BCUT2D eigenvalue weighted by atomic mass is 10.3. The van der Waals surface area contributed by atoms with Gasteiger partial charge in [0.25, 0.3) is 0 Å². The van der Waals surface area contributed by atoms with Crippen LogP contribution in [0.4, 0.5) is 5.69 Å². The lowest BCUT2D eigenvalue weighted by molar-refractivity contribution is -0.125. The van der Waals surface area contributed by atoms with Gasteiger partial charge in [0.15, 0.2) is 0 Å². The first kappa shape index (κ1) is 20.7. The molecule has 1 aromatic carbocycles. The summed E-state index contributed by atoms with van der Waals surface area (Å²) in [6.45, 7) is 3.68. The fourth-order valence-electron chi connectivity index (χ4n) is 1.62. The average Bonchev–Trinajstić information content (AvgIpc) is 2.43. The minimum atomic E-state index is -1.60. The number of carbonyl (C=O) groups excluding carboxylic acids is 2. The largest absolute Gasteiger partial charge is 0.489 e. The topological polar surface area (TPSA) is 75.7 Å². The van der Waals surface area contributed by atoms with Gasteiger partial charge in [-0.3, -0.25) is 13.8 Å². The summed E-state index contributed by atoms with van der Waals surface area (Å²) < 4.78 is 17.4. The second-order valence-corrected chi connectivity index (χ2v) is 7.77. The second-order valence-electron chi connectivity index (χ2n) is 5.49. The molecule has 1 N–H and O–H groups in total. The summed E-state index contributed by atoms with van der Waals surface area (Å²) in [5, 5.41) is 3.12. The highest BCUT2D eigenvalue weighted by Gasteiger charge is 2.16. The molecular weight excluding hydrogens is 375 g/mol. The van der Waals surface area contributed by atoms with E-state index in [1.54, 1.807) is 14.1 Å². The molecule has 24 heavy (non-hydrogen) atoms. The number of nitrogens with one attached hydrogen (secondary N) is 1. The molecule has 0 unspecified atom stereocenters. The van der Waals surface area contributed by atoms with Gasteiger partial charge in [0.1, 0.15) is 17.3 Å². The first-order chi connectivity index (χ1) is 11.1. The number of anilines is 1. The molecule has 0 saturated carbocycles. The SMILES string of the molecule is CC(C)Oc1cc(NC(=O)C[S@@](=O)CC(=O)N(C)C)c(Cl)cc1Cl. The van der Waals surface area contributed by atoms with Crippen molar-refractivity contribution in [3.05, 3.63) is 22.2 Å². The summed E-state index contributed by atoms with van der Waals surface area (Å²) in [6, 6.07) is 2.97. The number of hydrogen-bond donors (Lipinski definition) is 1. The van der Waals surface area contributed by atoms with Gasteiger partial charge in [-0.25, -0.2) is 0 Å². The molecule has 0 aliphatic heterocycles. The summed E-state index contributed by atoms with van der Waals surface area (Å²) >= 11 is 12.1. The molecule has 0 aromatic heterocycles. The number of ether oxygens (including phenoxy) is 1. The predicted molar refractivity (Wildman–Crippen MR) is 97.4 cm³/mol. The number of nitrogens with zero attached hydrogens (tertiary/aromatic N) is 1. The third-order valence-corrected chi connectivity index (χ3v) is 4.49. The van der Waals surface area contributed by atoms with Crippen LogP contribution in [0.15, 0.2) is 12.1 Å². The van der Waals surface area contributed by atoms with Crippen molar-refractivity contribution in [3.8, 4) is 5.75 Å². The second kappa shape index (κ2) is 9.25. The maximum atomic E-state index is 12.0. The van der Waals surface area contributed by atoms with E-state index in [1.807, 2.05) is 13.8 Å². The van der Waals surface area contributed by atoms with Gasteiger partial charge >= 0.3 is 0 Å². The summed E-state index contributed by atoms with van der Waals surface area (Å²) in [6.07, 6.45) is -0.100. The van der Waals surface area contributed by atoms with Crippen molar-refractivity contribution in [3.63, 3.8) is 0 Å². The van der Waals surface area contributed by atoms with Gasteiger partial charge in [0.05, 0.1) is 21.8 Å². The number of amides is 2. The molecular formula is C15H20Cl2N2O4S. The van der Waals surface area contributed by atoms with Crippen LogP contribution in [0.2, 0.25) is 10.0 Å². The molecule has 0 heterocycles. The van der Waals surface area contributed by atoms with Gasteiger partial charge in [-0.15, -0.1) is 0 Å². The number of carbonyl (C=O) groups is 2. The molecule has 0 aliphatic carbocycles. The molecule has 0 spiro atoms. The van der Waals surface area contributed by atoms with Crippen molar-refractivity contribution in [2.45, 2.75) is 20.0 Å². The molecule has 1 rings (SSSR count). The fourth-order valence-corrected chi connectivity index (χ4v) is 3.09. The van der Waals surface area contributed by atoms with Crippen molar-refractivity contribution < 1.29 is 18.5 Å². The van der Waals surface area contributed by atoms with E-state index in [2.05, 4.69) is 5.32 Å². The standard InChI is InChI=1S/C15H20Cl2N2O4S/c1-9(2)23-13-6-12(10(16)5-11(13)17)18-14(20)7-24(22)8-15(21)19(3)4/h5-6,9H,7-8H2,1-4H3,(H,18,20)/t24-/m1/s1. The van der Waals surface area contributed by atoms with Gasteiger partial charge in [-0.05, 0) is 19.9 Å². The maximum Gasteiger partial charge on any atom is 0.237 e. The minimum Gasteiger partial charge on any atom is -0.489 e. The predicted octanol–water partition coefficient (Wildman–Crippen LogP) is 2.56. The zero-order valence-electron chi connectivity index (χ0n) is 13.9. The van der Waals surface area contributed by atoms with Crippen LogP contribution >= 0.6 is 23.2 Å². The third kappa shape index (κ3) is 6.67. The monoisotopic (exact) mass is 394 g/mol. The molecule has 9 heteroatoms. The fraction of sp³-hybridized carbons (Fsp3) is 0.467. The summed E-state index contributed by atoms with van der Waals surface area (Å²) in [5.41, 5.74) is 0.303. The lowest BCUT2D eigenvalue weighted by Crippen LogP contribution is -2.30. The van der Waals surface area contributed by atoms with Crippen LogP contribution in [0.25, 0.3) is 0 Å². The first-order valence-corrected chi connectivity index (χ1v) is 9.35. The molecule has 1 atom stereocenters. The van der Waals surface area contributed by atoms with E-state index in [4.69, 9.17) is 27.9 Å². The zero-order valence-corrected chi connectivity index (χ0v) is 16.2. The Balaban J connectivity index is 2.76. The van der Waals surface area contributed by atoms with E-state index in [9.17, 15) is 13.8 Å². The van der Waals surface area contributed by atoms with Crippen LogP contribution in [0.1, 0.15) is 13.8 Å². The van der Waals surface area contributed by atoms with E-state index in [0.29, 0.717) is 16.5 Å². The molecule has 2 amide bonds. The van der Waals surface area contributed by atoms with Crippen molar-refractivity contribution in [2.75, 3.05) is 30.9 Å². The number of rotatable bonds is 7. The summed E-state index contributed by atoms with van der Waals surface area (Å²) in [5.74, 6) is -0.955. The zero-order chi connectivity index (χ0) is 18.4. The Kier molecular flexibility index (Phi) is 7.99. The highest BCUT2D eigenvalue weighted by atomic mass is 35.5. The quantitative estimate of drug-likeness (QED) is 0.770. The van der Waals surface area contributed by atoms with Crippen LogP contribution in [0, 0.1) is 0 Å². The van der Waals surface area contributed by atoms with Gasteiger partial charge in [-0.1, -0.05) is 23.2 Å². The normalized spacial score (nSPS) is 12.0. The van der Waals surface area contributed by atoms with Gasteiger partial charge in [-0.2, -0.15) is 0 Å². The molecule has 0 bridgehead atoms. The van der Waals surface area contributed by atoms with Gasteiger partial charge in [0, 0.05) is 31.0 Å². The summed E-state index contributed by atoms with van der Waals surface area (Å²) in [4.78, 5) is 24.8. The molecule has 0 aliphatic rings. The average molecular weight is 395 g/mol. The van der Waals surface area contributed by atoms with E-state index >= 15 is 0 Å². The van der Waals surface area contributed by atoms with E-state index in [1.165, 1.54) is 17.0 Å². The minimum absolute atomic E-state index is 0.100. The Bertz CT molecular complexity index is 651. The molecule has 6 nitrogen and oxygen atoms in total. The molecule has 0 saturated heterocycles. The smallest absolute Gasteiger partial charge is 0.237 e. The van der Waals surface area contributed by atoms with Crippen LogP contribution < -0.4 is 10.1 Å². The maximum absolute atomic E-state index is 12.0. The molecule has 0 fully saturated rings. The Morgan fingerprint density at radius 1 is 1.21 bits per heavy atom. The Labute approximate surface area is 153 Å². The number of halogens is 2. The van der Waals surface area contributed by atoms with Crippen LogP contribution in [0.3, 0.4) is 0 Å². The van der Waals surface area contributed by atoms with E-state index < -0.39 is 16.7 Å². The van der Waals surface area contributed by atoms with Crippen LogP contribution in [0.5, 0.6) is 5.75 Å². The molecule has 0 radical (unpaired) electrons. The number of benzene rings is 1. The Morgan fingerprint density at radius 2 is 1.83 bits per heavy atom.